The van der Waals surface area contributed by atoms with Gasteiger partial charge in [0.2, 0.25) is 0 Å². The number of hydrogen-bond acceptors (Lipinski definition) is 6. The van der Waals surface area contributed by atoms with Crippen molar-refractivity contribution in [2.75, 3.05) is 13.2 Å². The summed E-state index contributed by atoms with van der Waals surface area (Å²) in [6.07, 6.45) is 0.851. The van der Waals surface area contributed by atoms with Crippen LogP contribution in [0, 0.1) is 0 Å². The minimum atomic E-state index is -1.37. The highest BCUT2D eigenvalue weighted by atomic mass is 16.7. The summed E-state index contributed by atoms with van der Waals surface area (Å²) in [6, 6.07) is 0. The Hall–Kier alpha value is -0.240. The Bertz CT molecular complexity index is 248. The molecule has 1 rings (SSSR count). The van der Waals surface area contributed by atoms with Gasteiger partial charge in [0.05, 0.1) is 6.61 Å². The van der Waals surface area contributed by atoms with Gasteiger partial charge in [0.25, 0.3) is 0 Å². The third-order valence-electron chi connectivity index (χ3n) is 3.63. The van der Waals surface area contributed by atoms with Gasteiger partial charge >= 0.3 is 0 Å². The zero-order valence-electron chi connectivity index (χ0n) is 12.1. The molecule has 0 aliphatic carbocycles. The normalized spacial score (nSPS) is 34.4. The van der Waals surface area contributed by atoms with E-state index in [4.69, 9.17) is 14.6 Å². The van der Waals surface area contributed by atoms with Gasteiger partial charge in [-0.1, -0.05) is 39.0 Å². The minimum absolute atomic E-state index is 0.425. The van der Waals surface area contributed by atoms with Gasteiger partial charge in [-0.25, -0.2) is 0 Å². The van der Waals surface area contributed by atoms with Crippen LogP contribution >= 0.6 is 0 Å². The molecule has 0 bridgehead atoms. The molecule has 0 aromatic heterocycles. The summed E-state index contributed by atoms with van der Waals surface area (Å²) in [6.45, 7) is 2.17. The average Bonchev–Trinajstić information content (AvgIpc) is 2.46. The van der Waals surface area contributed by atoms with Gasteiger partial charge in [-0.05, 0) is 6.42 Å². The van der Waals surface area contributed by atoms with Crippen LogP contribution in [0.25, 0.3) is 0 Å². The van der Waals surface area contributed by atoms with E-state index in [1.165, 1.54) is 19.3 Å². The van der Waals surface area contributed by atoms with Crippen molar-refractivity contribution in [3.05, 3.63) is 0 Å². The second kappa shape index (κ2) is 9.65. The largest absolute Gasteiger partial charge is 0.394 e. The van der Waals surface area contributed by atoms with E-state index in [1.807, 2.05) is 0 Å². The third kappa shape index (κ3) is 5.27. The highest BCUT2D eigenvalue weighted by Gasteiger charge is 2.43. The number of unbranched alkanes of at least 4 members (excludes halogenated alkanes) is 5. The molecular weight excluding hydrogens is 264 g/mol. The maximum atomic E-state index is 9.75. The second-order valence-electron chi connectivity index (χ2n) is 5.34. The van der Waals surface area contributed by atoms with Crippen molar-refractivity contribution in [3.8, 4) is 0 Å². The fourth-order valence-electron chi connectivity index (χ4n) is 2.29. The Labute approximate surface area is 120 Å². The lowest BCUT2D eigenvalue weighted by molar-refractivity contribution is -0.301. The molecule has 0 aromatic carbocycles. The predicted molar refractivity (Wildman–Crippen MR) is 73.1 cm³/mol. The van der Waals surface area contributed by atoms with Crippen LogP contribution in [0.4, 0.5) is 0 Å². The van der Waals surface area contributed by atoms with E-state index < -0.39 is 37.3 Å². The molecule has 6 heteroatoms. The topological polar surface area (TPSA) is 99.4 Å². The maximum absolute atomic E-state index is 9.75. The number of ether oxygens (including phenoxy) is 2. The molecule has 20 heavy (non-hydrogen) atoms. The molecule has 1 fully saturated rings. The van der Waals surface area contributed by atoms with Crippen LogP contribution in [-0.4, -0.2) is 64.3 Å². The van der Waals surface area contributed by atoms with Crippen molar-refractivity contribution in [3.63, 3.8) is 0 Å². The summed E-state index contributed by atoms with van der Waals surface area (Å²) in [5.74, 6) is 0. The quantitative estimate of drug-likeness (QED) is 0.452. The molecule has 0 radical (unpaired) electrons. The molecule has 5 atom stereocenters. The summed E-state index contributed by atoms with van der Waals surface area (Å²) in [7, 11) is 0. The highest BCUT2D eigenvalue weighted by Crippen LogP contribution is 2.22. The highest BCUT2D eigenvalue weighted by molar-refractivity contribution is 4.88. The Balaban J connectivity index is 2.21. The number of aliphatic hydroxyl groups excluding tert-OH is 4. The fraction of sp³-hybridized carbons (Fsp3) is 1.00. The molecule has 1 aliphatic rings. The average molecular weight is 292 g/mol. The van der Waals surface area contributed by atoms with E-state index in [2.05, 4.69) is 6.92 Å². The van der Waals surface area contributed by atoms with Crippen LogP contribution in [0.3, 0.4) is 0 Å². The lowest BCUT2D eigenvalue weighted by Gasteiger charge is -2.39. The first-order chi connectivity index (χ1) is 9.61. The van der Waals surface area contributed by atoms with Crippen molar-refractivity contribution in [1.29, 1.82) is 0 Å². The van der Waals surface area contributed by atoms with Gasteiger partial charge in [-0.2, -0.15) is 0 Å². The zero-order chi connectivity index (χ0) is 15.0. The summed E-state index contributed by atoms with van der Waals surface area (Å²) >= 11 is 0. The van der Waals surface area contributed by atoms with Crippen molar-refractivity contribution in [1.82, 2.24) is 0 Å². The van der Waals surface area contributed by atoms with E-state index in [0.29, 0.717) is 6.61 Å². The first-order valence-electron chi connectivity index (χ1n) is 7.54. The fourth-order valence-corrected chi connectivity index (χ4v) is 2.29. The molecule has 1 saturated heterocycles. The zero-order valence-corrected chi connectivity index (χ0v) is 12.1. The number of hydrogen-bond donors (Lipinski definition) is 4. The Kier molecular flexibility index (Phi) is 8.60. The predicted octanol–water partition coefficient (Wildman–Crippen LogP) is 0.163. The molecule has 0 aromatic rings. The lowest BCUT2D eigenvalue weighted by Crippen LogP contribution is -2.59. The molecule has 0 amide bonds. The van der Waals surface area contributed by atoms with Crippen LogP contribution in [0.1, 0.15) is 45.4 Å². The van der Waals surface area contributed by atoms with E-state index in [9.17, 15) is 15.3 Å². The molecule has 4 N–H and O–H groups in total. The van der Waals surface area contributed by atoms with E-state index in [0.717, 1.165) is 19.3 Å². The molecule has 3 unspecified atom stereocenters. The van der Waals surface area contributed by atoms with Crippen LogP contribution in [0.15, 0.2) is 0 Å². The molecule has 0 saturated carbocycles. The van der Waals surface area contributed by atoms with Crippen LogP contribution in [-0.2, 0) is 9.47 Å². The first kappa shape index (κ1) is 17.8. The van der Waals surface area contributed by atoms with Crippen LogP contribution < -0.4 is 0 Å². The number of rotatable bonds is 9. The smallest absolute Gasteiger partial charge is 0.186 e. The molecule has 6 nitrogen and oxygen atoms in total. The Morgan fingerprint density at radius 2 is 1.55 bits per heavy atom. The van der Waals surface area contributed by atoms with Gasteiger partial charge in [-0.3, -0.25) is 0 Å². The number of aliphatic hydroxyl groups is 4. The molecule has 0 spiro atoms. The van der Waals surface area contributed by atoms with Gasteiger partial charge in [0.1, 0.15) is 24.4 Å². The molecule has 120 valence electrons. The van der Waals surface area contributed by atoms with Gasteiger partial charge in [0.15, 0.2) is 6.29 Å². The Morgan fingerprint density at radius 1 is 0.900 bits per heavy atom. The summed E-state index contributed by atoms with van der Waals surface area (Å²) in [4.78, 5) is 0. The standard InChI is InChI=1S/C14H28O6/c1-2-3-4-5-6-7-8-19-14-13(18)12(17)11(16)10(9-15)20-14/h10-18H,2-9H2,1H3/t10?,11-,12?,13?,14-/m1/s1. The van der Waals surface area contributed by atoms with Crippen molar-refractivity contribution >= 4 is 0 Å². The monoisotopic (exact) mass is 292 g/mol. The van der Waals surface area contributed by atoms with Gasteiger partial charge < -0.3 is 29.9 Å². The van der Waals surface area contributed by atoms with E-state index >= 15 is 0 Å². The van der Waals surface area contributed by atoms with Crippen molar-refractivity contribution < 1.29 is 29.9 Å². The maximum Gasteiger partial charge on any atom is 0.186 e. The lowest BCUT2D eigenvalue weighted by atomic mass is 9.99. The third-order valence-corrected chi connectivity index (χ3v) is 3.63. The Morgan fingerprint density at radius 3 is 2.20 bits per heavy atom. The van der Waals surface area contributed by atoms with Crippen LogP contribution in [0.5, 0.6) is 0 Å². The minimum Gasteiger partial charge on any atom is -0.394 e. The summed E-state index contributed by atoms with van der Waals surface area (Å²) in [5, 5.41) is 38.0. The van der Waals surface area contributed by atoms with Gasteiger partial charge in [-0.15, -0.1) is 0 Å². The molecule has 1 aliphatic heterocycles. The molecule has 1 heterocycles. The summed E-state index contributed by atoms with van der Waals surface area (Å²) < 4.78 is 10.6. The van der Waals surface area contributed by atoms with Crippen molar-refractivity contribution in [2.45, 2.75) is 76.2 Å². The second-order valence-corrected chi connectivity index (χ2v) is 5.34. The molecular formula is C14H28O6. The van der Waals surface area contributed by atoms with Crippen LogP contribution in [0.2, 0.25) is 0 Å². The first-order valence-corrected chi connectivity index (χ1v) is 7.54. The summed E-state index contributed by atoms with van der Waals surface area (Å²) in [5.41, 5.74) is 0. The van der Waals surface area contributed by atoms with Gasteiger partial charge in [0, 0.05) is 6.61 Å². The van der Waals surface area contributed by atoms with E-state index in [-0.39, 0.29) is 0 Å². The SMILES string of the molecule is CCCCCCCCO[C@@H]1OC(CO)[C@@H](O)C(O)C1O. The van der Waals surface area contributed by atoms with E-state index in [1.54, 1.807) is 0 Å². The van der Waals surface area contributed by atoms with Crippen molar-refractivity contribution in [2.24, 2.45) is 0 Å².